The fraction of sp³-hybridized carbons (Fsp3) is 0.429. The van der Waals surface area contributed by atoms with E-state index >= 15 is 0 Å². The van der Waals surface area contributed by atoms with Crippen molar-refractivity contribution in [2.75, 3.05) is 6.54 Å². The van der Waals surface area contributed by atoms with Crippen LogP contribution in [0.1, 0.15) is 6.42 Å². The predicted octanol–water partition coefficient (Wildman–Crippen LogP) is -0.876. The number of hydrogen-bond donors (Lipinski definition) is 3. The van der Waals surface area contributed by atoms with E-state index in [9.17, 15) is 9.59 Å². The van der Waals surface area contributed by atoms with Crippen LogP contribution in [-0.2, 0) is 9.59 Å². The molecule has 68 valence electrons. The van der Waals surface area contributed by atoms with Crippen LogP contribution in [0.2, 0.25) is 0 Å². The summed E-state index contributed by atoms with van der Waals surface area (Å²) in [4.78, 5) is 20.6. The number of hydrogen-bond acceptors (Lipinski definition) is 3. The number of carboxylic acids is 1. The van der Waals surface area contributed by atoms with Crippen LogP contribution in [0, 0.1) is 0 Å². The molecule has 0 aliphatic heterocycles. The lowest BCUT2D eigenvalue weighted by atomic mass is 10.2. The molecule has 3 N–H and O–H groups in total. The SMILES string of the molecule is C=CC(=O)NCC[C@H](O)C(=O)O. The van der Waals surface area contributed by atoms with Crippen LogP contribution in [0.5, 0.6) is 0 Å². The molecular weight excluding hydrogens is 162 g/mol. The van der Waals surface area contributed by atoms with Crippen LogP contribution < -0.4 is 5.32 Å². The largest absolute Gasteiger partial charge is 0.479 e. The molecule has 0 aliphatic rings. The first-order chi connectivity index (χ1) is 5.57. The van der Waals surface area contributed by atoms with E-state index in [0.717, 1.165) is 6.08 Å². The Morgan fingerprint density at radius 2 is 2.17 bits per heavy atom. The average molecular weight is 173 g/mol. The van der Waals surface area contributed by atoms with Gasteiger partial charge in [0.1, 0.15) is 0 Å². The molecule has 0 saturated carbocycles. The zero-order valence-electron chi connectivity index (χ0n) is 6.49. The Balaban J connectivity index is 3.49. The van der Waals surface area contributed by atoms with Gasteiger partial charge in [0.25, 0.3) is 0 Å². The van der Waals surface area contributed by atoms with Crippen LogP contribution in [0.4, 0.5) is 0 Å². The van der Waals surface area contributed by atoms with Crippen molar-refractivity contribution in [2.24, 2.45) is 0 Å². The van der Waals surface area contributed by atoms with E-state index in [1.807, 2.05) is 0 Å². The molecule has 12 heavy (non-hydrogen) atoms. The molecule has 0 radical (unpaired) electrons. The summed E-state index contributed by atoms with van der Waals surface area (Å²) in [5, 5.41) is 19.3. The zero-order chi connectivity index (χ0) is 9.56. The minimum atomic E-state index is -1.42. The van der Waals surface area contributed by atoms with E-state index < -0.39 is 12.1 Å². The molecule has 1 amide bonds. The summed E-state index contributed by atoms with van der Waals surface area (Å²) >= 11 is 0. The van der Waals surface area contributed by atoms with Crippen LogP contribution in [0.3, 0.4) is 0 Å². The summed E-state index contributed by atoms with van der Waals surface area (Å²) in [6.45, 7) is 3.33. The van der Waals surface area contributed by atoms with Crippen molar-refractivity contribution >= 4 is 11.9 Å². The topological polar surface area (TPSA) is 86.6 Å². The molecule has 0 fully saturated rings. The van der Waals surface area contributed by atoms with Crippen molar-refractivity contribution in [3.8, 4) is 0 Å². The van der Waals surface area contributed by atoms with Gasteiger partial charge in [0.2, 0.25) is 5.91 Å². The van der Waals surface area contributed by atoms with E-state index in [2.05, 4.69) is 11.9 Å². The molecule has 0 rings (SSSR count). The van der Waals surface area contributed by atoms with Crippen molar-refractivity contribution < 1.29 is 19.8 Å². The molecule has 1 atom stereocenters. The van der Waals surface area contributed by atoms with Crippen LogP contribution in [0.15, 0.2) is 12.7 Å². The first kappa shape index (κ1) is 10.6. The third kappa shape index (κ3) is 4.45. The average Bonchev–Trinajstić information content (AvgIpc) is 2.03. The Morgan fingerprint density at radius 3 is 2.58 bits per heavy atom. The van der Waals surface area contributed by atoms with Gasteiger partial charge in [-0.25, -0.2) is 4.79 Å². The van der Waals surface area contributed by atoms with Gasteiger partial charge in [-0.05, 0) is 6.08 Å². The van der Waals surface area contributed by atoms with Crippen LogP contribution in [-0.4, -0.2) is 34.7 Å². The van der Waals surface area contributed by atoms with Gasteiger partial charge in [-0.3, -0.25) is 4.79 Å². The summed E-state index contributed by atoms with van der Waals surface area (Å²) in [7, 11) is 0. The number of aliphatic hydroxyl groups is 1. The van der Waals surface area contributed by atoms with Gasteiger partial charge < -0.3 is 15.5 Å². The van der Waals surface area contributed by atoms with Crippen molar-refractivity contribution in [1.82, 2.24) is 5.32 Å². The van der Waals surface area contributed by atoms with Gasteiger partial charge in [-0.1, -0.05) is 6.58 Å². The molecule has 5 heteroatoms. The molecule has 0 aliphatic carbocycles. The van der Waals surface area contributed by atoms with E-state index in [-0.39, 0.29) is 18.9 Å². The molecule has 0 heterocycles. The number of carbonyl (C=O) groups is 2. The summed E-state index contributed by atoms with van der Waals surface area (Å²) in [5.74, 6) is -1.67. The highest BCUT2D eigenvalue weighted by Crippen LogP contribution is 1.88. The number of carbonyl (C=O) groups excluding carboxylic acids is 1. The molecule has 5 nitrogen and oxygen atoms in total. The molecule has 0 bridgehead atoms. The lowest BCUT2D eigenvalue weighted by Gasteiger charge is -2.04. The first-order valence-electron chi connectivity index (χ1n) is 3.39. The van der Waals surface area contributed by atoms with E-state index in [0.29, 0.717) is 0 Å². The Labute approximate surface area is 69.7 Å². The molecule has 0 aromatic heterocycles. The molecular formula is C7H11NO4. The number of rotatable bonds is 5. The summed E-state index contributed by atoms with van der Waals surface area (Å²) in [6.07, 6.45) is -0.350. The van der Waals surface area contributed by atoms with E-state index in [1.165, 1.54) is 0 Å². The molecule has 0 aromatic carbocycles. The Morgan fingerprint density at radius 1 is 1.58 bits per heavy atom. The maximum atomic E-state index is 10.5. The second-order valence-corrected chi connectivity index (χ2v) is 2.14. The number of amides is 1. The molecule has 0 unspecified atom stereocenters. The van der Waals surface area contributed by atoms with E-state index in [4.69, 9.17) is 10.2 Å². The highest BCUT2D eigenvalue weighted by molar-refractivity contribution is 5.86. The minimum Gasteiger partial charge on any atom is -0.479 e. The Hall–Kier alpha value is -1.36. The van der Waals surface area contributed by atoms with Gasteiger partial charge in [-0.15, -0.1) is 0 Å². The third-order valence-corrected chi connectivity index (χ3v) is 1.19. The fourth-order valence-corrected chi connectivity index (χ4v) is 0.528. The molecule has 0 saturated heterocycles. The van der Waals surface area contributed by atoms with Gasteiger partial charge in [0.05, 0.1) is 0 Å². The zero-order valence-corrected chi connectivity index (χ0v) is 6.49. The number of carboxylic acid groups (broad SMARTS) is 1. The number of aliphatic carboxylic acids is 1. The fourth-order valence-electron chi connectivity index (χ4n) is 0.528. The minimum absolute atomic E-state index is 0.00505. The lowest BCUT2D eigenvalue weighted by Crippen LogP contribution is -2.28. The number of nitrogens with one attached hydrogen (secondary N) is 1. The van der Waals surface area contributed by atoms with Crippen molar-refractivity contribution in [1.29, 1.82) is 0 Å². The van der Waals surface area contributed by atoms with Gasteiger partial charge in [0, 0.05) is 13.0 Å². The van der Waals surface area contributed by atoms with Crippen molar-refractivity contribution in [3.63, 3.8) is 0 Å². The molecule has 0 aromatic rings. The van der Waals surface area contributed by atoms with Crippen molar-refractivity contribution in [3.05, 3.63) is 12.7 Å². The Kier molecular flexibility index (Phi) is 4.71. The highest BCUT2D eigenvalue weighted by atomic mass is 16.4. The predicted molar refractivity (Wildman–Crippen MR) is 41.5 cm³/mol. The normalized spacial score (nSPS) is 11.8. The highest BCUT2D eigenvalue weighted by Gasteiger charge is 2.11. The maximum Gasteiger partial charge on any atom is 0.332 e. The van der Waals surface area contributed by atoms with Crippen LogP contribution in [0.25, 0.3) is 0 Å². The third-order valence-electron chi connectivity index (χ3n) is 1.19. The standard InChI is InChI=1S/C7H11NO4/c1-2-6(10)8-4-3-5(9)7(11)12/h2,5,9H,1,3-4H2,(H,8,10)(H,11,12)/t5-/m0/s1. The van der Waals surface area contributed by atoms with Gasteiger partial charge >= 0.3 is 5.97 Å². The molecule has 0 spiro atoms. The lowest BCUT2D eigenvalue weighted by molar-refractivity contribution is -0.147. The first-order valence-corrected chi connectivity index (χ1v) is 3.39. The monoisotopic (exact) mass is 173 g/mol. The summed E-state index contributed by atoms with van der Waals surface area (Å²) < 4.78 is 0. The summed E-state index contributed by atoms with van der Waals surface area (Å²) in [5.41, 5.74) is 0. The number of aliphatic hydroxyl groups excluding tert-OH is 1. The van der Waals surface area contributed by atoms with Crippen molar-refractivity contribution in [2.45, 2.75) is 12.5 Å². The second kappa shape index (κ2) is 5.31. The summed E-state index contributed by atoms with van der Waals surface area (Å²) in [6, 6.07) is 0. The smallest absolute Gasteiger partial charge is 0.332 e. The van der Waals surface area contributed by atoms with Gasteiger partial charge in [-0.2, -0.15) is 0 Å². The Bertz CT molecular complexity index is 190. The quantitative estimate of drug-likeness (QED) is 0.471. The van der Waals surface area contributed by atoms with E-state index in [1.54, 1.807) is 0 Å². The maximum absolute atomic E-state index is 10.5. The van der Waals surface area contributed by atoms with Gasteiger partial charge in [0.15, 0.2) is 6.10 Å². The van der Waals surface area contributed by atoms with Crippen LogP contribution >= 0.6 is 0 Å². The second-order valence-electron chi connectivity index (χ2n) is 2.14.